The molecule has 0 saturated carbocycles. The van der Waals surface area contributed by atoms with Crippen molar-refractivity contribution in [1.82, 2.24) is 5.32 Å². The fourth-order valence-electron chi connectivity index (χ4n) is 3.29. The number of morpholine rings is 1. The highest BCUT2D eigenvalue weighted by Gasteiger charge is 2.28. The van der Waals surface area contributed by atoms with Gasteiger partial charge in [0, 0.05) is 5.39 Å². The molecule has 0 radical (unpaired) electrons. The minimum atomic E-state index is -0.162. The quantitative estimate of drug-likeness (QED) is 0.733. The third kappa shape index (κ3) is 3.61. The third-order valence-corrected chi connectivity index (χ3v) is 5.62. The van der Waals surface area contributed by atoms with Crippen LogP contribution in [0.15, 0.2) is 52.3 Å². The van der Waals surface area contributed by atoms with E-state index in [9.17, 15) is 4.79 Å². The predicted octanol–water partition coefficient (Wildman–Crippen LogP) is 1.88. The molecule has 2 N–H and O–H groups in total. The van der Waals surface area contributed by atoms with E-state index in [2.05, 4.69) is 22.8 Å². The standard InChI is InChI=1S/C19H20N2O3S/c22-19(17-12-14-4-1-2-5-16(14)24-17)20-13-15(18-6-3-11-25-18)21-7-9-23-10-8-21/h1-6,11-12,15H,7-10,13H2,(H,20,22)/p+1/t15-/m0/s1. The van der Waals surface area contributed by atoms with E-state index in [-0.39, 0.29) is 11.9 Å². The summed E-state index contributed by atoms with van der Waals surface area (Å²) in [5.41, 5.74) is 0.737. The van der Waals surface area contributed by atoms with E-state index < -0.39 is 0 Å². The van der Waals surface area contributed by atoms with Crippen molar-refractivity contribution in [2.45, 2.75) is 6.04 Å². The maximum absolute atomic E-state index is 12.5. The van der Waals surface area contributed by atoms with E-state index in [1.807, 2.05) is 24.3 Å². The van der Waals surface area contributed by atoms with Gasteiger partial charge in [0.25, 0.3) is 5.91 Å². The molecule has 0 aliphatic carbocycles. The van der Waals surface area contributed by atoms with Crippen molar-refractivity contribution in [1.29, 1.82) is 0 Å². The van der Waals surface area contributed by atoms with E-state index in [1.54, 1.807) is 17.4 Å². The number of thiophene rings is 1. The first-order chi connectivity index (χ1) is 12.3. The molecule has 3 aromatic rings. The van der Waals surface area contributed by atoms with Crippen LogP contribution in [0.2, 0.25) is 0 Å². The van der Waals surface area contributed by atoms with Gasteiger partial charge < -0.3 is 19.4 Å². The molecule has 1 aliphatic rings. The van der Waals surface area contributed by atoms with Crippen molar-refractivity contribution < 1.29 is 18.8 Å². The summed E-state index contributed by atoms with van der Waals surface area (Å²) in [5, 5.41) is 6.09. The van der Waals surface area contributed by atoms with E-state index in [4.69, 9.17) is 9.15 Å². The lowest BCUT2D eigenvalue weighted by atomic mass is 10.2. The van der Waals surface area contributed by atoms with E-state index in [0.29, 0.717) is 12.3 Å². The first kappa shape index (κ1) is 16.3. The number of hydrogen-bond acceptors (Lipinski definition) is 4. The summed E-state index contributed by atoms with van der Waals surface area (Å²) in [6.45, 7) is 4.06. The average Bonchev–Trinajstić information content (AvgIpc) is 3.32. The summed E-state index contributed by atoms with van der Waals surface area (Å²) in [6, 6.07) is 13.9. The number of furan rings is 1. The van der Waals surface area contributed by atoms with Gasteiger partial charge in [0.1, 0.15) is 24.7 Å². The lowest BCUT2D eigenvalue weighted by Gasteiger charge is -2.31. The Bertz CT molecular complexity index is 804. The van der Waals surface area contributed by atoms with Crippen LogP contribution in [0.4, 0.5) is 0 Å². The van der Waals surface area contributed by atoms with Crippen molar-refractivity contribution in [3.8, 4) is 0 Å². The lowest BCUT2D eigenvalue weighted by Crippen LogP contribution is -3.15. The highest BCUT2D eigenvalue weighted by molar-refractivity contribution is 7.10. The van der Waals surface area contributed by atoms with Crippen LogP contribution in [-0.2, 0) is 4.74 Å². The maximum Gasteiger partial charge on any atom is 0.287 e. The summed E-state index contributed by atoms with van der Waals surface area (Å²) in [5.74, 6) is 0.202. The molecule has 1 fully saturated rings. The van der Waals surface area contributed by atoms with Gasteiger partial charge in [-0.25, -0.2) is 0 Å². The number of nitrogens with one attached hydrogen (secondary N) is 2. The monoisotopic (exact) mass is 357 g/mol. The first-order valence-corrected chi connectivity index (χ1v) is 9.42. The molecule has 2 aromatic heterocycles. The fourth-order valence-corrected chi connectivity index (χ4v) is 4.18. The van der Waals surface area contributed by atoms with Crippen LogP contribution in [0.3, 0.4) is 0 Å². The van der Waals surface area contributed by atoms with Gasteiger partial charge in [0.2, 0.25) is 0 Å². The molecule has 0 unspecified atom stereocenters. The minimum absolute atomic E-state index is 0.162. The number of benzene rings is 1. The van der Waals surface area contributed by atoms with Crippen molar-refractivity contribution in [2.75, 3.05) is 32.8 Å². The number of ether oxygens (including phenoxy) is 1. The molecule has 1 saturated heterocycles. The number of carbonyl (C=O) groups is 1. The molecule has 5 nitrogen and oxygen atoms in total. The Balaban J connectivity index is 1.47. The second-order valence-corrected chi connectivity index (χ2v) is 7.18. The van der Waals surface area contributed by atoms with Crippen LogP contribution in [0.25, 0.3) is 11.0 Å². The smallest absolute Gasteiger partial charge is 0.287 e. The molecule has 0 spiro atoms. The van der Waals surface area contributed by atoms with Gasteiger partial charge in [0.05, 0.1) is 24.6 Å². The SMILES string of the molecule is O=C(NC[C@@H](c1cccs1)[NH+]1CCOCC1)c1cc2ccccc2o1. The number of para-hydroxylation sites is 1. The van der Waals surface area contributed by atoms with Crippen LogP contribution in [0, 0.1) is 0 Å². The van der Waals surface area contributed by atoms with Crippen LogP contribution >= 0.6 is 11.3 Å². The summed E-state index contributed by atoms with van der Waals surface area (Å²) in [4.78, 5) is 15.3. The Labute approximate surface area is 150 Å². The van der Waals surface area contributed by atoms with Gasteiger partial charge in [-0.05, 0) is 23.6 Å². The number of amides is 1. The summed E-state index contributed by atoms with van der Waals surface area (Å²) in [6.07, 6.45) is 0. The summed E-state index contributed by atoms with van der Waals surface area (Å²) >= 11 is 1.74. The van der Waals surface area contributed by atoms with Gasteiger partial charge >= 0.3 is 0 Å². The Morgan fingerprint density at radius 2 is 2.04 bits per heavy atom. The number of carbonyl (C=O) groups excluding carboxylic acids is 1. The minimum Gasteiger partial charge on any atom is -0.451 e. The molecule has 1 aromatic carbocycles. The van der Waals surface area contributed by atoms with Crippen LogP contribution in [0.1, 0.15) is 21.5 Å². The van der Waals surface area contributed by atoms with Crippen LogP contribution < -0.4 is 10.2 Å². The summed E-state index contributed by atoms with van der Waals surface area (Å²) < 4.78 is 11.1. The zero-order valence-electron chi connectivity index (χ0n) is 13.9. The van der Waals surface area contributed by atoms with Crippen molar-refractivity contribution in [2.24, 2.45) is 0 Å². The normalized spacial score (nSPS) is 16.8. The van der Waals surface area contributed by atoms with Gasteiger partial charge in [-0.15, -0.1) is 11.3 Å². The summed E-state index contributed by atoms with van der Waals surface area (Å²) in [7, 11) is 0. The molecule has 4 rings (SSSR count). The number of hydrogen-bond donors (Lipinski definition) is 2. The molecule has 130 valence electrons. The van der Waals surface area contributed by atoms with E-state index >= 15 is 0 Å². The average molecular weight is 357 g/mol. The highest BCUT2D eigenvalue weighted by Crippen LogP contribution is 2.19. The Hall–Kier alpha value is -2.15. The molecule has 1 atom stereocenters. The largest absolute Gasteiger partial charge is 0.451 e. The van der Waals surface area contributed by atoms with Gasteiger partial charge in [-0.2, -0.15) is 0 Å². The Kier molecular flexibility index (Phi) is 4.83. The molecule has 3 heterocycles. The fraction of sp³-hybridized carbons (Fsp3) is 0.316. The number of fused-ring (bicyclic) bond motifs is 1. The topological polar surface area (TPSA) is 55.9 Å². The second kappa shape index (κ2) is 7.39. The van der Waals surface area contributed by atoms with Crippen LogP contribution in [-0.4, -0.2) is 38.8 Å². The zero-order valence-corrected chi connectivity index (χ0v) is 14.7. The molecule has 1 aliphatic heterocycles. The van der Waals surface area contributed by atoms with E-state index in [0.717, 1.165) is 37.3 Å². The molecule has 6 heteroatoms. The van der Waals surface area contributed by atoms with Crippen molar-refractivity contribution >= 4 is 28.2 Å². The number of quaternary nitrogens is 1. The van der Waals surface area contributed by atoms with Gasteiger partial charge in [0.15, 0.2) is 5.76 Å². The second-order valence-electron chi connectivity index (χ2n) is 6.20. The van der Waals surface area contributed by atoms with Crippen LogP contribution in [0.5, 0.6) is 0 Å². The third-order valence-electron chi connectivity index (χ3n) is 4.63. The van der Waals surface area contributed by atoms with Gasteiger partial charge in [-0.3, -0.25) is 4.79 Å². The molecule has 1 amide bonds. The van der Waals surface area contributed by atoms with E-state index in [1.165, 1.54) is 9.78 Å². The highest BCUT2D eigenvalue weighted by atomic mass is 32.1. The maximum atomic E-state index is 12.5. The number of rotatable bonds is 5. The lowest BCUT2D eigenvalue weighted by molar-refractivity contribution is -0.937. The first-order valence-electron chi connectivity index (χ1n) is 8.54. The van der Waals surface area contributed by atoms with Gasteiger partial charge in [-0.1, -0.05) is 24.3 Å². The van der Waals surface area contributed by atoms with Crippen molar-refractivity contribution in [3.63, 3.8) is 0 Å². The molecule has 0 bridgehead atoms. The van der Waals surface area contributed by atoms with Crippen molar-refractivity contribution in [3.05, 3.63) is 58.5 Å². The predicted molar refractivity (Wildman–Crippen MR) is 97.1 cm³/mol. The Morgan fingerprint density at radius 3 is 2.80 bits per heavy atom. The molecule has 25 heavy (non-hydrogen) atoms. The Morgan fingerprint density at radius 1 is 1.20 bits per heavy atom. The molecular formula is C19H21N2O3S+. The zero-order chi connectivity index (χ0) is 17.1. The molecular weight excluding hydrogens is 336 g/mol.